The Hall–Kier alpha value is -4.15. The van der Waals surface area contributed by atoms with E-state index in [1.807, 2.05) is 24.3 Å². The maximum atomic E-state index is 14.7. The van der Waals surface area contributed by atoms with Gasteiger partial charge in [-0.05, 0) is 24.3 Å². The fraction of sp³-hybridized carbons (Fsp3) is 0.130. The number of carbonyl (C=O) groups is 1. The molecule has 5 rings (SSSR count). The van der Waals surface area contributed by atoms with Crippen molar-refractivity contribution in [2.24, 2.45) is 0 Å². The Bertz CT molecular complexity index is 1300. The van der Waals surface area contributed by atoms with Gasteiger partial charge in [-0.3, -0.25) is 9.36 Å². The Morgan fingerprint density at radius 2 is 1.82 bits per heavy atom. The zero-order valence-electron chi connectivity index (χ0n) is 17.2. The van der Waals surface area contributed by atoms with Crippen LogP contribution in [0, 0.1) is 0 Å². The van der Waals surface area contributed by atoms with Crippen molar-refractivity contribution < 1.29 is 23.4 Å². The molecule has 9 nitrogen and oxygen atoms in total. The molecule has 2 aromatic heterocycles. The molecule has 1 aliphatic rings. The summed E-state index contributed by atoms with van der Waals surface area (Å²) in [5.41, 5.74) is 1.06. The molecule has 4 aromatic rings. The number of fused-ring (bicyclic) bond motifs is 1. The second-order valence-electron chi connectivity index (χ2n) is 7.02. The number of anilines is 1. The van der Waals surface area contributed by atoms with Gasteiger partial charge < -0.3 is 19.5 Å². The lowest BCUT2D eigenvalue weighted by Crippen LogP contribution is -2.18. The van der Waals surface area contributed by atoms with E-state index in [9.17, 15) is 9.18 Å². The summed E-state index contributed by atoms with van der Waals surface area (Å²) in [5.74, 6) is -0.0781. The molecule has 0 aliphatic carbocycles. The van der Waals surface area contributed by atoms with E-state index in [0.717, 1.165) is 0 Å². The fourth-order valence-corrected chi connectivity index (χ4v) is 3.30. The predicted octanol–water partition coefficient (Wildman–Crippen LogP) is 3.84. The number of amides is 1. The highest BCUT2D eigenvalue weighted by molar-refractivity contribution is 6.06. The third-order valence-electron chi connectivity index (χ3n) is 4.87. The topological polar surface area (TPSA) is 100 Å². The first-order valence-electron chi connectivity index (χ1n) is 10.0. The number of ether oxygens (including phenoxy) is 3. The van der Waals surface area contributed by atoms with E-state index in [0.29, 0.717) is 22.5 Å². The maximum absolute atomic E-state index is 14.7. The molecule has 0 unspecified atom stereocenters. The number of rotatable bonds is 7. The summed E-state index contributed by atoms with van der Waals surface area (Å²) >= 11 is 0. The van der Waals surface area contributed by atoms with Gasteiger partial charge in [0, 0.05) is 11.6 Å². The molecule has 0 bridgehead atoms. The Morgan fingerprint density at radius 3 is 2.61 bits per heavy atom. The molecule has 33 heavy (non-hydrogen) atoms. The standard InChI is InChI=1S/C23H18FN5O4/c24-17-11-18(32-14-31-16-9-5-2-6-10-16)33-23(17)29-13-27-19-20(25-12-26-21(19)29)28-22(30)15-7-3-1-4-8-15/h1-13,18,23H,14H2,(H,25,26,28,30)/t18-,23+/m0/s1. The molecule has 1 aliphatic heterocycles. The second kappa shape index (κ2) is 9.15. The van der Waals surface area contributed by atoms with Crippen LogP contribution < -0.4 is 10.1 Å². The first-order valence-corrected chi connectivity index (χ1v) is 10.0. The minimum absolute atomic E-state index is 0.117. The number of para-hydroxylation sites is 1. The first-order chi connectivity index (χ1) is 16.2. The molecular weight excluding hydrogens is 429 g/mol. The van der Waals surface area contributed by atoms with E-state index in [-0.39, 0.29) is 18.5 Å². The Morgan fingerprint density at radius 1 is 1.06 bits per heavy atom. The lowest BCUT2D eigenvalue weighted by molar-refractivity contribution is -0.167. The zero-order valence-corrected chi connectivity index (χ0v) is 17.2. The Balaban J connectivity index is 1.29. The number of nitrogens with one attached hydrogen (secondary N) is 1. The highest BCUT2D eigenvalue weighted by Crippen LogP contribution is 2.33. The van der Waals surface area contributed by atoms with E-state index in [1.165, 1.54) is 23.3 Å². The van der Waals surface area contributed by atoms with Gasteiger partial charge in [0.2, 0.25) is 0 Å². The van der Waals surface area contributed by atoms with Crippen molar-refractivity contribution in [1.82, 2.24) is 19.5 Å². The number of imidazole rings is 1. The van der Waals surface area contributed by atoms with Crippen molar-refractivity contribution in [1.29, 1.82) is 0 Å². The smallest absolute Gasteiger partial charge is 0.256 e. The molecule has 0 fully saturated rings. The summed E-state index contributed by atoms with van der Waals surface area (Å²) in [5, 5.41) is 2.71. The lowest BCUT2D eigenvalue weighted by Gasteiger charge is -2.16. The molecule has 0 spiro atoms. The van der Waals surface area contributed by atoms with Crippen molar-refractivity contribution in [3.8, 4) is 5.75 Å². The Labute approximate surface area is 187 Å². The van der Waals surface area contributed by atoms with E-state index >= 15 is 0 Å². The van der Waals surface area contributed by atoms with Gasteiger partial charge in [0.05, 0.1) is 6.33 Å². The first kappa shape index (κ1) is 20.7. The largest absolute Gasteiger partial charge is 0.467 e. The van der Waals surface area contributed by atoms with Gasteiger partial charge in [-0.1, -0.05) is 36.4 Å². The monoisotopic (exact) mass is 447 g/mol. The van der Waals surface area contributed by atoms with Crippen LogP contribution >= 0.6 is 0 Å². The van der Waals surface area contributed by atoms with E-state index in [4.69, 9.17) is 14.2 Å². The summed E-state index contributed by atoms with van der Waals surface area (Å²) < 4.78 is 32.6. The minimum Gasteiger partial charge on any atom is -0.467 e. The van der Waals surface area contributed by atoms with Gasteiger partial charge in [0.1, 0.15) is 12.1 Å². The van der Waals surface area contributed by atoms with E-state index < -0.39 is 18.3 Å². The van der Waals surface area contributed by atoms with Crippen LogP contribution in [0.1, 0.15) is 16.6 Å². The van der Waals surface area contributed by atoms with Crippen LogP contribution in [-0.4, -0.2) is 38.5 Å². The number of carbonyl (C=O) groups excluding carboxylic acids is 1. The number of halogens is 1. The summed E-state index contributed by atoms with van der Waals surface area (Å²) in [6, 6.07) is 17.8. The predicted molar refractivity (Wildman–Crippen MR) is 116 cm³/mol. The number of aromatic nitrogens is 4. The molecule has 2 atom stereocenters. The van der Waals surface area contributed by atoms with Crippen LogP contribution in [0.3, 0.4) is 0 Å². The SMILES string of the molecule is O=C(Nc1ncnc2c1ncn2[C@@H]1O[C@H](OCOc2ccccc2)C=C1F)c1ccccc1. The van der Waals surface area contributed by atoms with Gasteiger partial charge in [0.25, 0.3) is 5.91 Å². The summed E-state index contributed by atoms with van der Waals surface area (Å²) in [4.78, 5) is 25.0. The maximum Gasteiger partial charge on any atom is 0.256 e. The normalized spacial score (nSPS) is 17.7. The van der Waals surface area contributed by atoms with Crippen molar-refractivity contribution in [2.45, 2.75) is 12.5 Å². The highest BCUT2D eigenvalue weighted by atomic mass is 19.1. The Kier molecular flexibility index (Phi) is 5.75. The summed E-state index contributed by atoms with van der Waals surface area (Å²) in [7, 11) is 0. The molecule has 0 saturated carbocycles. The molecule has 166 valence electrons. The van der Waals surface area contributed by atoms with Crippen LogP contribution in [0.2, 0.25) is 0 Å². The van der Waals surface area contributed by atoms with Gasteiger partial charge in [-0.15, -0.1) is 0 Å². The van der Waals surface area contributed by atoms with Crippen LogP contribution in [0.4, 0.5) is 10.2 Å². The molecule has 0 radical (unpaired) electrons. The molecule has 2 aromatic carbocycles. The molecule has 3 heterocycles. The van der Waals surface area contributed by atoms with Gasteiger partial charge in [-0.25, -0.2) is 19.3 Å². The summed E-state index contributed by atoms with van der Waals surface area (Å²) in [6.07, 6.45) is 1.78. The summed E-state index contributed by atoms with van der Waals surface area (Å²) in [6.45, 7) is -0.117. The number of nitrogens with zero attached hydrogens (tertiary/aromatic N) is 4. The zero-order chi connectivity index (χ0) is 22.6. The van der Waals surface area contributed by atoms with Crippen molar-refractivity contribution in [2.75, 3.05) is 12.1 Å². The third kappa shape index (κ3) is 4.43. The van der Waals surface area contributed by atoms with E-state index in [1.54, 1.807) is 36.4 Å². The molecule has 1 amide bonds. The third-order valence-corrected chi connectivity index (χ3v) is 4.87. The van der Waals surface area contributed by atoms with Crippen molar-refractivity contribution >= 4 is 22.9 Å². The van der Waals surface area contributed by atoms with Crippen LogP contribution in [-0.2, 0) is 9.47 Å². The van der Waals surface area contributed by atoms with Crippen LogP contribution in [0.5, 0.6) is 5.75 Å². The van der Waals surface area contributed by atoms with Gasteiger partial charge >= 0.3 is 0 Å². The number of hydrogen-bond donors (Lipinski definition) is 1. The van der Waals surface area contributed by atoms with Crippen molar-refractivity contribution in [3.05, 3.63) is 90.8 Å². The number of hydrogen-bond acceptors (Lipinski definition) is 7. The number of benzene rings is 2. The lowest BCUT2D eigenvalue weighted by atomic mass is 10.2. The van der Waals surface area contributed by atoms with E-state index in [2.05, 4.69) is 20.3 Å². The van der Waals surface area contributed by atoms with Crippen LogP contribution in [0.15, 0.2) is 85.2 Å². The minimum atomic E-state index is -1.12. The van der Waals surface area contributed by atoms with Gasteiger partial charge in [0.15, 0.2) is 42.1 Å². The molecular formula is C23H18FN5O4. The quantitative estimate of drug-likeness (QED) is 0.430. The fourth-order valence-electron chi connectivity index (χ4n) is 3.30. The molecule has 0 saturated heterocycles. The second-order valence-corrected chi connectivity index (χ2v) is 7.02. The van der Waals surface area contributed by atoms with Crippen LogP contribution in [0.25, 0.3) is 11.2 Å². The average Bonchev–Trinajstić information content (AvgIpc) is 3.44. The van der Waals surface area contributed by atoms with Crippen molar-refractivity contribution in [3.63, 3.8) is 0 Å². The van der Waals surface area contributed by atoms with Gasteiger partial charge in [-0.2, -0.15) is 0 Å². The average molecular weight is 447 g/mol. The highest BCUT2D eigenvalue weighted by Gasteiger charge is 2.31. The molecule has 1 N–H and O–H groups in total. The molecule has 10 heteroatoms.